The van der Waals surface area contributed by atoms with E-state index in [1.165, 1.54) is 12.2 Å². The van der Waals surface area contributed by atoms with Crippen molar-refractivity contribution in [2.24, 2.45) is 0 Å². The van der Waals surface area contributed by atoms with Gasteiger partial charge in [-0.15, -0.1) is 0 Å². The van der Waals surface area contributed by atoms with E-state index >= 15 is 0 Å². The predicted molar refractivity (Wildman–Crippen MR) is 80.0 cm³/mol. The maximum absolute atomic E-state index is 11.3. The molecule has 6 heteroatoms. The molecule has 0 fully saturated rings. The summed E-state index contributed by atoms with van der Waals surface area (Å²) in [7, 11) is 0. The Morgan fingerprint density at radius 3 is 1.36 bits per heavy atom. The highest BCUT2D eigenvalue weighted by Gasteiger charge is 2.16. The van der Waals surface area contributed by atoms with Crippen LogP contribution in [0.15, 0.2) is 25.3 Å². The lowest BCUT2D eigenvalue weighted by atomic mass is 10.2. The van der Waals surface area contributed by atoms with E-state index < -0.39 is 11.9 Å². The number of unbranched alkanes of at least 4 members (excludes halogenated alkanes) is 2. The van der Waals surface area contributed by atoms with Crippen LogP contribution in [-0.2, 0) is 28.7 Å². The molecule has 0 aliphatic carbocycles. The Labute approximate surface area is 130 Å². The van der Waals surface area contributed by atoms with Gasteiger partial charge in [-0.25, -0.2) is 9.59 Å². The summed E-state index contributed by atoms with van der Waals surface area (Å²) < 4.78 is 9.43. The van der Waals surface area contributed by atoms with Gasteiger partial charge in [-0.1, -0.05) is 13.2 Å². The van der Waals surface area contributed by atoms with Gasteiger partial charge in [-0.05, 0) is 37.8 Å². The third-order valence-electron chi connectivity index (χ3n) is 2.72. The highest BCUT2D eigenvalue weighted by Crippen LogP contribution is 2.00. The Morgan fingerprint density at radius 1 is 0.682 bits per heavy atom. The van der Waals surface area contributed by atoms with E-state index in [0.29, 0.717) is 38.5 Å². The van der Waals surface area contributed by atoms with Gasteiger partial charge in [0.2, 0.25) is 0 Å². The molecule has 0 amide bonds. The predicted octanol–water partition coefficient (Wildman–Crippen LogP) is 1.92. The molecule has 0 rings (SSSR count). The molecule has 0 atom stereocenters. The van der Waals surface area contributed by atoms with Gasteiger partial charge < -0.3 is 9.47 Å². The van der Waals surface area contributed by atoms with Crippen LogP contribution in [0.1, 0.15) is 38.5 Å². The molecule has 0 bridgehead atoms. The number of rotatable bonds is 12. The number of hydrogen-bond donors (Lipinski definition) is 0. The topological polar surface area (TPSA) is 86.7 Å². The fourth-order valence-corrected chi connectivity index (χ4v) is 1.45. The van der Waals surface area contributed by atoms with Crippen molar-refractivity contribution in [1.82, 2.24) is 0 Å². The number of ether oxygens (including phenoxy) is 2. The normalized spacial score (nSPS) is 9.64. The molecule has 0 spiro atoms. The van der Waals surface area contributed by atoms with E-state index in [-0.39, 0.29) is 24.8 Å². The first-order valence-corrected chi connectivity index (χ1v) is 7.15. The SMILES string of the molecule is C=CC(=O)CCCCOC(=O)C(=O)OCCCCC(=O)C=C. The van der Waals surface area contributed by atoms with Crippen LogP contribution in [0.25, 0.3) is 0 Å². The van der Waals surface area contributed by atoms with Gasteiger partial charge in [-0.2, -0.15) is 0 Å². The molecule has 0 heterocycles. The van der Waals surface area contributed by atoms with Gasteiger partial charge in [-0.3, -0.25) is 9.59 Å². The van der Waals surface area contributed by atoms with Crippen LogP contribution in [0, 0.1) is 0 Å². The van der Waals surface area contributed by atoms with Crippen LogP contribution in [-0.4, -0.2) is 36.7 Å². The zero-order chi connectivity index (χ0) is 16.8. The molecule has 122 valence electrons. The van der Waals surface area contributed by atoms with Gasteiger partial charge in [0.1, 0.15) is 0 Å². The highest BCUT2D eigenvalue weighted by molar-refractivity contribution is 6.29. The largest absolute Gasteiger partial charge is 0.457 e. The second-order valence-corrected chi connectivity index (χ2v) is 4.53. The number of hydrogen-bond acceptors (Lipinski definition) is 6. The quantitative estimate of drug-likeness (QED) is 0.237. The highest BCUT2D eigenvalue weighted by atomic mass is 16.6. The fourth-order valence-electron chi connectivity index (χ4n) is 1.45. The molecule has 0 aliphatic heterocycles. The molecule has 0 aromatic carbocycles. The Hall–Kier alpha value is -2.24. The molecule has 0 saturated carbocycles. The van der Waals surface area contributed by atoms with Gasteiger partial charge in [0.25, 0.3) is 0 Å². The minimum atomic E-state index is -1.04. The van der Waals surface area contributed by atoms with Crippen LogP contribution >= 0.6 is 0 Å². The Kier molecular flexibility index (Phi) is 11.2. The van der Waals surface area contributed by atoms with Crippen molar-refractivity contribution >= 4 is 23.5 Å². The Morgan fingerprint density at radius 2 is 1.05 bits per heavy atom. The van der Waals surface area contributed by atoms with E-state index in [4.69, 9.17) is 9.47 Å². The van der Waals surface area contributed by atoms with E-state index in [9.17, 15) is 19.2 Å². The molecule has 6 nitrogen and oxygen atoms in total. The van der Waals surface area contributed by atoms with Crippen molar-refractivity contribution in [2.75, 3.05) is 13.2 Å². The lowest BCUT2D eigenvalue weighted by Crippen LogP contribution is -2.21. The van der Waals surface area contributed by atoms with Gasteiger partial charge in [0, 0.05) is 12.8 Å². The summed E-state index contributed by atoms with van der Waals surface area (Å²) in [4.78, 5) is 44.4. The molecule has 0 aromatic rings. The summed E-state index contributed by atoms with van der Waals surface area (Å²) in [6, 6.07) is 0. The average Bonchev–Trinajstić information content (AvgIpc) is 2.52. The first-order chi connectivity index (χ1) is 10.5. The number of carbonyl (C=O) groups is 4. The Bertz CT molecular complexity index is 384. The number of allylic oxidation sites excluding steroid dienone is 2. The zero-order valence-electron chi connectivity index (χ0n) is 12.7. The first kappa shape index (κ1) is 19.8. The molecule has 0 unspecified atom stereocenters. The molecule has 0 saturated heterocycles. The third kappa shape index (κ3) is 10.5. The second kappa shape index (κ2) is 12.5. The van der Waals surface area contributed by atoms with Crippen molar-refractivity contribution < 1.29 is 28.7 Å². The van der Waals surface area contributed by atoms with Gasteiger partial charge in [0.05, 0.1) is 13.2 Å². The van der Waals surface area contributed by atoms with Crippen LogP contribution in [0.4, 0.5) is 0 Å². The summed E-state index contributed by atoms with van der Waals surface area (Å²) in [6.07, 6.45) is 5.27. The minimum absolute atomic E-state index is 0.0617. The number of esters is 2. The summed E-state index contributed by atoms with van der Waals surface area (Å²) in [5, 5.41) is 0. The Balaban J connectivity index is 3.60. The van der Waals surface area contributed by atoms with E-state index in [0.717, 1.165) is 0 Å². The summed E-state index contributed by atoms with van der Waals surface area (Å²) >= 11 is 0. The average molecular weight is 310 g/mol. The van der Waals surface area contributed by atoms with Gasteiger partial charge >= 0.3 is 11.9 Å². The first-order valence-electron chi connectivity index (χ1n) is 7.15. The second-order valence-electron chi connectivity index (χ2n) is 4.53. The molecule has 0 aliphatic rings. The summed E-state index contributed by atoms with van der Waals surface area (Å²) in [6.45, 7) is 6.82. The molecular formula is C16H22O6. The van der Waals surface area contributed by atoms with Crippen LogP contribution in [0.3, 0.4) is 0 Å². The van der Waals surface area contributed by atoms with E-state index in [2.05, 4.69) is 13.2 Å². The number of ketones is 2. The minimum Gasteiger partial charge on any atom is -0.457 e. The van der Waals surface area contributed by atoms with Crippen molar-refractivity contribution in [1.29, 1.82) is 0 Å². The standard InChI is InChI=1S/C16H22O6/c1-3-13(17)9-5-7-11-21-15(19)16(20)22-12-8-6-10-14(18)4-2/h3-4H,1-2,5-12H2. The third-order valence-corrected chi connectivity index (χ3v) is 2.72. The van der Waals surface area contributed by atoms with Crippen LogP contribution < -0.4 is 0 Å². The van der Waals surface area contributed by atoms with E-state index in [1.54, 1.807) is 0 Å². The van der Waals surface area contributed by atoms with Crippen molar-refractivity contribution in [3.05, 3.63) is 25.3 Å². The molecule has 0 radical (unpaired) electrons. The van der Waals surface area contributed by atoms with Crippen LogP contribution in [0.2, 0.25) is 0 Å². The summed E-state index contributed by atoms with van der Waals surface area (Å²) in [5.74, 6) is -2.23. The molecule has 0 N–H and O–H groups in total. The maximum atomic E-state index is 11.3. The monoisotopic (exact) mass is 310 g/mol. The van der Waals surface area contributed by atoms with Crippen molar-refractivity contribution in [3.63, 3.8) is 0 Å². The maximum Gasteiger partial charge on any atom is 0.417 e. The molecule has 22 heavy (non-hydrogen) atoms. The summed E-state index contributed by atoms with van der Waals surface area (Å²) in [5.41, 5.74) is 0. The van der Waals surface area contributed by atoms with Crippen molar-refractivity contribution in [2.45, 2.75) is 38.5 Å². The smallest absolute Gasteiger partial charge is 0.417 e. The molecular weight excluding hydrogens is 288 g/mol. The van der Waals surface area contributed by atoms with Crippen molar-refractivity contribution in [3.8, 4) is 0 Å². The zero-order valence-corrected chi connectivity index (χ0v) is 12.7. The van der Waals surface area contributed by atoms with Gasteiger partial charge in [0.15, 0.2) is 11.6 Å². The van der Waals surface area contributed by atoms with E-state index in [1.807, 2.05) is 0 Å². The fraction of sp³-hybridized carbons (Fsp3) is 0.500. The molecule has 0 aromatic heterocycles. The lowest BCUT2D eigenvalue weighted by Gasteiger charge is -2.05. The van der Waals surface area contributed by atoms with Crippen LogP contribution in [0.5, 0.6) is 0 Å². The lowest BCUT2D eigenvalue weighted by molar-refractivity contribution is -0.167. The number of carbonyl (C=O) groups excluding carboxylic acids is 4.